The van der Waals surface area contributed by atoms with E-state index in [1.165, 1.54) is 0 Å². The van der Waals surface area contributed by atoms with Crippen LogP contribution in [0, 0.1) is 0 Å². The summed E-state index contributed by atoms with van der Waals surface area (Å²) in [6.45, 7) is 5.09. The molecule has 0 N–H and O–H groups in total. The predicted molar refractivity (Wildman–Crippen MR) is 157 cm³/mol. The monoisotopic (exact) mass is 552 g/mol. The Balaban J connectivity index is 1.75. The van der Waals surface area contributed by atoms with Gasteiger partial charge in [0.25, 0.3) is 0 Å². The molecular weight excluding hydrogens is 504 g/mol. The van der Waals surface area contributed by atoms with Crippen molar-refractivity contribution in [1.29, 1.82) is 0 Å². The van der Waals surface area contributed by atoms with Gasteiger partial charge in [-0.2, -0.15) is 0 Å². The Morgan fingerprint density at radius 1 is 0.625 bits per heavy atom. The van der Waals surface area contributed by atoms with Crippen molar-refractivity contribution >= 4 is 11.9 Å². The van der Waals surface area contributed by atoms with Gasteiger partial charge in [-0.15, -0.1) is 0 Å². The first-order chi connectivity index (χ1) is 19.6. The number of benzene rings is 2. The van der Waals surface area contributed by atoms with Gasteiger partial charge in [0.1, 0.15) is 12.2 Å². The highest BCUT2D eigenvalue weighted by Crippen LogP contribution is 2.24. The first-order valence-corrected chi connectivity index (χ1v) is 15.3. The van der Waals surface area contributed by atoms with Crippen LogP contribution in [0.3, 0.4) is 0 Å². The highest BCUT2D eigenvalue weighted by Gasteiger charge is 2.29. The van der Waals surface area contributed by atoms with Crippen molar-refractivity contribution in [2.45, 2.75) is 129 Å². The lowest BCUT2D eigenvalue weighted by Gasteiger charge is -2.29. The second-order valence-corrected chi connectivity index (χ2v) is 10.9. The number of hydrogen-bond acceptors (Lipinski definition) is 6. The largest absolute Gasteiger partial charge is 0.462 e. The van der Waals surface area contributed by atoms with Crippen LogP contribution in [-0.2, 0) is 41.8 Å². The molecule has 1 aliphatic heterocycles. The number of esters is 2. The third-order valence-electron chi connectivity index (χ3n) is 7.35. The molecule has 220 valence electrons. The fourth-order valence-electron chi connectivity index (χ4n) is 5.12. The fraction of sp³-hybridized carbons (Fsp3) is 0.588. The fourth-order valence-corrected chi connectivity index (χ4v) is 5.12. The van der Waals surface area contributed by atoms with Gasteiger partial charge in [-0.3, -0.25) is 9.59 Å². The first-order valence-electron chi connectivity index (χ1n) is 15.3. The molecule has 1 saturated heterocycles. The van der Waals surface area contributed by atoms with Gasteiger partial charge in [-0.1, -0.05) is 100 Å². The van der Waals surface area contributed by atoms with E-state index in [0.717, 1.165) is 62.5 Å². The summed E-state index contributed by atoms with van der Waals surface area (Å²) >= 11 is 0. The standard InChI is InChI=1S/C34H48O6/c1-3-5-9-19-29-21-31(37-25-27-15-11-7-12-16-27)23-34(36)40-30(20-10-6-4-2)22-32(24-33(35)39-29)38-26-28-17-13-8-14-18-28/h7-8,11-18,29-32H,3-6,9-10,19-26H2,1-2H3/t29-,30?,31?,32-/m1/s1. The second-order valence-electron chi connectivity index (χ2n) is 10.9. The van der Waals surface area contributed by atoms with Crippen LogP contribution in [0.25, 0.3) is 0 Å². The van der Waals surface area contributed by atoms with Crippen molar-refractivity contribution in [2.24, 2.45) is 0 Å². The molecule has 0 radical (unpaired) electrons. The number of cyclic esters (lactones) is 2. The van der Waals surface area contributed by atoms with Crippen molar-refractivity contribution in [3.63, 3.8) is 0 Å². The van der Waals surface area contributed by atoms with E-state index in [1.807, 2.05) is 60.7 Å². The van der Waals surface area contributed by atoms with Crippen LogP contribution in [0.1, 0.15) is 102 Å². The molecule has 40 heavy (non-hydrogen) atoms. The average molecular weight is 553 g/mol. The highest BCUT2D eigenvalue weighted by atomic mass is 16.6. The summed E-state index contributed by atoms with van der Waals surface area (Å²) in [7, 11) is 0. The average Bonchev–Trinajstić information content (AvgIpc) is 2.95. The third-order valence-corrected chi connectivity index (χ3v) is 7.35. The minimum Gasteiger partial charge on any atom is -0.462 e. The normalized spacial score (nSPS) is 22.6. The Morgan fingerprint density at radius 2 is 1.02 bits per heavy atom. The van der Waals surface area contributed by atoms with Gasteiger partial charge < -0.3 is 18.9 Å². The molecular formula is C34H48O6. The molecule has 6 nitrogen and oxygen atoms in total. The molecule has 1 heterocycles. The zero-order valence-electron chi connectivity index (χ0n) is 24.4. The molecule has 0 saturated carbocycles. The van der Waals surface area contributed by atoms with Gasteiger partial charge in [-0.25, -0.2) is 0 Å². The van der Waals surface area contributed by atoms with Gasteiger partial charge >= 0.3 is 11.9 Å². The number of carbonyl (C=O) groups excluding carboxylic acids is 2. The van der Waals surface area contributed by atoms with Crippen molar-refractivity contribution in [1.82, 2.24) is 0 Å². The van der Waals surface area contributed by atoms with E-state index < -0.39 is 12.2 Å². The molecule has 2 aromatic carbocycles. The Morgan fingerprint density at radius 3 is 1.40 bits per heavy atom. The molecule has 2 unspecified atom stereocenters. The Hall–Kier alpha value is -2.70. The Kier molecular flexibility index (Phi) is 14.8. The number of hydrogen-bond donors (Lipinski definition) is 0. The van der Waals surface area contributed by atoms with Crippen LogP contribution >= 0.6 is 0 Å². The number of rotatable bonds is 14. The van der Waals surface area contributed by atoms with Gasteiger partial charge in [0.05, 0.1) is 38.3 Å². The van der Waals surface area contributed by atoms with E-state index in [0.29, 0.717) is 26.1 Å². The zero-order valence-corrected chi connectivity index (χ0v) is 24.4. The van der Waals surface area contributed by atoms with E-state index in [2.05, 4.69) is 13.8 Å². The molecule has 0 spiro atoms. The van der Waals surface area contributed by atoms with Gasteiger partial charge in [0.15, 0.2) is 0 Å². The molecule has 1 aliphatic rings. The summed E-state index contributed by atoms with van der Waals surface area (Å²) in [5.41, 5.74) is 2.08. The molecule has 1 fully saturated rings. The number of carbonyl (C=O) groups is 2. The SMILES string of the molecule is CCCCCC1C[C@@H](OCc2ccccc2)CC(=O)O[C@H](CCCCC)CC(OCc2ccccc2)CC(=O)O1. The van der Waals surface area contributed by atoms with Gasteiger partial charge in [-0.05, 0) is 36.8 Å². The molecule has 0 aliphatic carbocycles. The maximum absolute atomic E-state index is 13.2. The van der Waals surface area contributed by atoms with Crippen molar-refractivity contribution in [3.05, 3.63) is 71.8 Å². The quantitative estimate of drug-likeness (QED) is 0.177. The number of unbranched alkanes of at least 4 members (excludes halogenated alkanes) is 4. The van der Waals surface area contributed by atoms with E-state index in [9.17, 15) is 9.59 Å². The zero-order chi connectivity index (χ0) is 28.4. The maximum atomic E-state index is 13.2. The smallest absolute Gasteiger partial charge is 0.308 e. The predicted octanol–water partition coefficient (Wildman–Crippen LogP) is 7.72. The number of ether oxygens (including phenoxy) is 4. The van der Waals surface area contributed by atoms with Crippen LogP contribution in [-0.4, -0.2) is 36.4 Å². The van der Waals surface area contributed by atoms with Crippen LogP contribution in [0.2, 0.25) is 0 Å². The molecule has 0 aromatic heterocycles. The Labute approximate surface area is 240 Å². The van der Waals surface area contributed by atoms with Crippen LogP contribution in [0.4, 0.5) is 0 Å². The van der Waals surface area contributed by atoms with Crippen LogP contribution < -0.4 is 0 Å². The summed E-state index contributed by atoms with van der Waals surface area (Å²) < 4.78 is 24.6. The molecule has 0 bridgehead atoms. The van der Waals surface area contributed by atoms with E-state index >= 15 is 0 Å². The topological polar surface area (TPSA) is 71.1 Å². The second kappa shape index (κ2) is 18.6. The van der Waals surface area contributed by atoms with Crippen molar-refractivity contribution in [3.8, 4) is 0 Å². The molecule has 6 heteroatoms. The highest BCUT2D eigenvalue weighted by molar-refractivity contribution is 5.71. The van der Waals surface area contributed by atoms with Gasteiger partial charge in [0.2, 0.25) is 0 Å². The Bertz CT molecular complexity index is 883. The van der Waals surface area contributed by atoms with Crippen LogP contribution in [0.5, 0.6) is 0 Å². The lowest BCUT2D eigenvalue weighted by molar-refractivity contribution is -0.163. The van der Waals surface area contributed by atoms with E-state index in [-0.39, 0.29) is 37.0 Å². The lowest BCUT2D eigenvalue weighted by atomic mass is 10.0. The lowest BCUT2D eigenvalue weighted by Crippen LogP contribution is -2.34. The summed E-state index contributed by atoms with van der Waals surface area (Å²) in [5, 5.41) is 0. The maximum Gasteiger partial charge on any atom is 0.308 e. The molecule has 2 aromatic rings. The summed E-state index contributed by atoms with van der Waals surface area (Å²) in [4.78, 5) is 26.5. The first kappa shape index (κ1) is 31.8. The molecule has 3 rings (SSSR count). The summed E-state index contributed by atoms with van der Waals surface area (Å²) in [6, 6.07) is 19.8. The van der Waals surface area contributed by atoms with E-state index in [1.54, 1.807) is 0 Å². The molecule has 0 amide bonds. The third kappa shape index (κ3) is 12.6. The van der Waals surface area contributed by atoms with E-state index in [4.69, 9.17) is 18.9 Å². The van der Waals surface area contributed by atoms with Crippen LogP contribution in [0.15, 0.2) is 60.7 Å². The molecule has 4 atom stereocenters. The minimum absolute atomic E-state index is 0.133. The van der Waals surface area contributed by atoms with Crippen molar-refractivity contribution in [2.75, 3.05) is 0 Å². The van der Waals surface area contributed by atoms with Gasteiger partial charge in [0, 0.05) is 12.8 Å². The minimum atomic E-state index is -0.395. The van der Waals surface area contributed by atoms with Crippen molar-refractivity contribution < 1.29 is 28.5 Å². The summed E-state index contributed by atoms with van der Waals surface area (Å²) in [5.74, 6) is -0.527. The summed E-state index contributed by atoms with van der Waals surface area (Å²) in [6.07, 6.45) is 7.46.